The molecule has 1 rings (SSSR count). The standard InChI is InChI=1S/C15H28N2O/c1-8-9-10-17-13(15(5,6)7)11(18)12(16-17)14(2,3)4/h18H,8-10H2,1-7H3. The van der Waals surface area contributed by atoms with Crippen molar-refractivity contribution in [3.8, 4) is 5.75 Å². The fourth-order valence-electron chi connectivity index (χ4n) is 2.17. The lowest BCUT2D eigenvalue weighted by atomic mass is 9.86. The molecular formula is C15H28N2O. The van der Waals surface area contributed by atoms with E-state index >= 15 is 0 Å². The first-order valence-electron chi connectivity index (χ1n) is 6.89. The minimum atomic E-state index is -0.123. The summed E-state index contributed by atoms with van der Waals surface area (Å²) in [5, 5.41) is 15.1. The minimum absolute atomic E-state index is 0.0890. The maximum absolute atomic E-state index is 10.5. The van der Waals surface area contributed by atoms with E-state index in [1.54, 1.807) is 0 Å². The zero-order chi connectivity index (χ0) is 14.1. The molecular weight excluding hydrogens is 224 g/mol. The van der Waals surface area contributed by atoms with Gasteiger partial charge in [0.2, 0.25) is 0 Å². The van der Waals surface area contributed by atoms with Crippen LogP contribution in [0, 0.1) is 0 Å². The summed E-state index contributed by atoms with van der Waals surface area (Å²) in [6, 6.07) is 0. The highest BCUT2D eigenvalue weighted by Gasteiger charge is 2.31. The molecule has 0 aliphatic rings. The molecule has 0 fully saturated rings. The molecule has 1 heterocycles. The molecule has 0 saturated carbocycles. The predicted octanol–water partition coefficient (Wildman–Crippen LogP) is 3.98. The van der Waals surface area contributed by atoms with Crippen molar-refractivity contribution in [2.24, 2.45) is 0 Å². The SMILES string of the molecule is CCCCn1nc(C(C)(C)C)c(O)c1C(C)(C)C. The van der Waals surface area contributed by atoms with Crippen molar-refractivity contribution >= 4 is 0 Å². The number of hydrogen-bond donors (Lipinski definition) is 1. The fourth-order valence-corrected chi connectivity index (χ4v) is 2.17. The summed E-state index contributed by atoms with van der Waals surface area (Å²) in [6.45, 7) is 15.7. The highest BCUT2D eigenvalue weighted by molar-refractivity contribution is 5.40. The Labute approximate surface area is 111 Å². The highest BCUT2D eigenvalue weighted by Crippen LogP contribution is 2.38. The van der Waals surface area contributed by atoms with Gasteiger partial charge < -0.3 is 5.11 Å². The summed E-state index contributed by atoms with van der Waals surface area (Å²) in [5.74, 6) is 0.381. The third-order valence-electron chi connectivity index (χ3n) is 3.07. The molecule has 0 aromatic carbocycles. The predicted molar refractivity (Wildman–Crippen MR) is 76.2 cm³/mol. The Hall–Kier alpha value is -0.990. The average molecular weight is 252 g/mol. The van der Waals surface area contributed by atoms with E-state index < -0.39 is 0 Å². The fraction of sp³-hybridized carbons (Fsp3) is 0.800. The topological polar surface area (TPSA) is 38.0 Å². The summed E-state index contributed by atoms with van der Waals surface area (Å²) in [6.07, 6.45) is 2.23. The zero-order valence-electron chi connectivity index (χ0n) is 13.0. The van der Waals surface area contributed by atoms with Gasteiger partial charge in [-0.25, -0.2) is 0 Å². The first-order chi connectivity index (χ1) is 8.09. The number of unbranched alkanes of at least 4 members (excludes halogenated alkanes) is 1. The molecule has 1 aromatic heterocycles. The quantitative estimate of drug-likeness (QED) is 0.883. The van der Waals surface area contributed by atoms with Crippen LogP contribution in [0.2, 0.25) is 0 Å². The van der Waals surface area contributed by atoms with Crippen LogP contribution in [-0.4, -0.2) is 14.9 Å². The van der Waals surface area contributed by atoms with Crippen LogP contribution >= 0.6 is 0 Å². The Kier molecular flexibility index (Phi) is 4.14. The van der Waals surface area contributed by atoms with Crippen LogP contribution in [0.3, 0.4) is 0 Å². The normalized spacial score (nSPS) is 13.1. The molecule has 0 unspecified atom stereocenters. The highest BCUT2D eigenvalue weighted by atomic mass is 16.3. The van der Waals surface area contributed by atoms with E-state index in [-0.39, 0.29) is 10.8 Å². The van der Waals surface area contributed by atoms with Gasteiger partial charge in [0, 0.05) is 17.4 Å². The van der Waals surface area contributed by atoms with E-state index in [9.17, 15) is 5.11 Å². The molecule has 18 heavy (non-hydrogen) atoms. The van der Waals surface area contributed by atoms with Gasteiger partial charge in [-0.05, 0) is 6.42 Å². The number of aryl methyl sites for hydroxylation is 1. The summed E-state index contributed by atoms with van der Waals surface area (Å²) < 4.78 is 2.00. The van der Waals surface area contributed by atoms with Gasteiger partial charge in [-0.2, -0.15) is 5.10 Å². The van der Waals surface area contributed by atoms with Crippen LogP contribution in [0.5, 0.6) is 5.75 Å². The van der Waals surface area contributed by atoms with Crippen LogP contribution in [0.1, 0.15) is 72.7 Å². The van der Waals surface area contributed by atoms with Gasteiger partial charge in [-0.1, -0.05) is 54.9 Å². The molecule has 0 aliphatic heterocycles. The Morgan fingerprint density at radius 3 is 2.00 bits per heavy atom. The first-order valence-corrected chi connectivity index (χ1v) is 6.89. The molecule has 0 saturated heterocycles. The van der Waals surface area contributed by atoms with Crippen molar-refractivity contribution in [1.82, 2.24) is 9.78 Å². The second-order valence-corrected chi connectivity index (χ2v) is 7.12. The summed E-state index contributed by atoms with van der Waals surface area (Å²) in [5.41, 5.74) is 1.56. The third-order valence-corrected chi connectivity index (χ3v) is 3.07. The van der Waals surface area contributed by atoms with Crippen molar-refractivity contribution in [3.05, 3.63) is 11.4 Å². The van der Waals surface area contributed by atoms with Crippen molar-refractivity contribution < 1.29 is 5.11 Å². The Balaban J connectivity index is 3.32. The van der Waals surface area contributed by atoms with Crippen LogP contribution in [0.4, 0.5) is 0 Å². The Morgan fingerprint density at radius 2 is 1.61 bits per heavy atom. The smallest absolute Gasteiger partial charge is 0.161 e. The molecule has 0 aliphatic carbocycles. The van der Waals surface area contributed by atoms with Gasteiger partial charge >= 0.3 is 0 Å². The van der Waals surface area contributed by atoms with Gasteiger partial charge in [0.1, 0.15) is 5.69 Å². The largest absolute Gasteiger partial charge is 0.504 e. The number of hydrogen-bond acceptors (Lipinski definition) is 2. The minimum Gasteiger partial charge on any atom is -0.504 e. The van der Waals surface area contributed by atoms with Crippen LogP contribution < -0.4 is 0 Å². The van der Waals surface area contributed by atoms with E-state index in [0.717, 1.165) is 30.8 Å². The molecule has 3 nitrogen and oxygen atoms in total. The molecule has 0 spiro atoms. The maximum atomic E-state index is 10.5. The first kappa shape index (κ1) is 15.1. The van der Waals surface area contributed by atoms with E-state index in [1.165, 1.54) is 0 Å². The van der Waals surface area contributed by atoms with Crippen LogP contribution in [0.15, 0.2) is 0 Å². The molecule has 0 amide bonds. The third kappa shape index (κ3) is 3.06. The lowest BCUT2D eigenvalue weighted by Gasteiger charge is -2.21. The molecule has 1 aromatic rings. The van der Waals surface area contributed by atoms with Crippen LogP contribution in [-0.2, 0) is 17.4 Å². The van der Waals surface area contributed by atoms with E-state index in [2.05, 4.69) is 53.6 Å². The van der Waals surface area contributed by atoms with Gasteiger partial charge in [-0.3, -0.25) is 4.68 Å². The van der Waals surface area contributed by atoms with E-state index in [1.807, 2.05) is 4.68 Å². The average Bonchev–Trinajstić information content (AvgIpc) is 2.51. The molecule has 3 heteroatoms. The van der Waals surface area contributed by atoms with Crippen molar-refractivity contribution in [2.75, 3.05) is 0 Å². The summed E-state index contributed by atoms with van der Waals surface area (Å²) in [4.78, 5) is 0. The lowest BCUT2D eigenvalue weighted by Crippen LogP contribution is -2.18. The summed E-state index contributed by atoms with van der Waals surface area (Å²) in [7, 11) is 0. The number of rotatable bonds is 3. The van der Waals surface area contributed by atoms with Gasteiger partial charge in [0.05, 0.1) is 5.69 Å². The van der Waals surface area contributed by atoms with Crippen molar-refractivity contribution in [2.45, 2.75) is 78.7 Å². The van der Waals surface area contributed by atoms with Crippen molar-refractivity contribution in [3.63, 3.8) is 0 Å². The Bertz CT molecular complexity index is 405. The summed E-state index contributed by atoms with van der Waals surface area (Å²) >= 11 is 0. The van der Waals surface area contributed by atoms with Gasteiger partial charge in [0.25, 0.3) is 0 Å². The zero-order valence-corrected chi connectivity index (χ0v) is 13.0. The number of nitrogens with zero attached hydrogens (tertiary/aromatic N) is 2. The molecule has 1 N–H and O–H groups in total. The molecule has 0 bridgehead atoms. The monoisotopic (exact) mass is 252 g/mol. The molecule has 104 valence electrons. The second-order valence-electron chi connectivity index (χ2n) is 7.12. The maximum Gasteiger partial charge on any atom is 0.161 e. The second kappa shape index (κ2) is 4.94. The molecule has 0 radical (unpaired) electrons. The van der Waals surface area contributed by atoms with Crippen molar-refractivity contribution in [1.29, 1.82) is 0 Å². The number of aromatic nitrogens is 2. The number of aromatic hydroxyl groups is 1. The van der Waals surface area contributed by atoms with E-state index in [0.29, 0.717) is 5.75 Å². The van der Waals surface area contributed by atoms with Crippen LogP contribution in [0.25, 0.3) is 0 Å². The van der Waals surface area contributed by atoms with Gasteiger partial charge in [0.15, 0.2) is 5.75 Å². The lowest BCUT2D eigenvalue weighted by molar-refractivity contribution is 0.414. The molecule has 0 atom stereocenters. The Morgan fingerprint density at radius 1 is 1.06 bits per heavy atom. The van der Waals surface area contributed by atoms with E-state index in [4.69, 9.17) is 0 Å². The van der Waals surface area contributed by atoms with Gasteiger partial charge in [-0.15, -0.1) is 0 Å².